The topological polar surface area (TPSA) is 116 Å². The number of aromatic nitrogens is 4. The maximum absolute atomic E-state index is 13.4. The lowest BCUT2D eigenvalue weighted by molar-refractivity contribution is 0.0490. The van der Waals surface area contributed by atoms with Gasteiger partial charge in [-0.1, -0.05) is 110 Å². The normalized spacial score (nSPS) is 12.0. The van der Waals surface area contributed by atoms with Gasteiger partial charge in [0.2, 0.25) is 11.6 Å². The number of benzene rings is 5. The summed E-state index contributed by atoms with van der Waals surface area (Å²) in [5.41, 5.74) is 9.77. The molecule has 9 nitrogen and oxygen atoms in total. The van der Waals surface area contributed by atoms with E-state index in [1.807, 2.05) is 130 Å². The Kier molecular flexibility index (Phi) is 17.2. The number of halogens is 4. The van der Waals surface area contributed by atoms with E-state index in [2.05, 4.69) is 9.97 Å². The fraction of sp³-hybridized carbons (Fsp3) is 0.264. The molecule has 342 valence electrons. The Balaban J connectivity index is 0.000000229. The van der Waals surface area contributed by atoms with E-state index in [0.29, 0.717) is 74.4 Å². The van der Waals surface area contributed by atoms with Crippen molar-refractivity contribution in [3.05, 3.63) is 209 Å². The molecule has 0 aliphatic carbocycles. The quantitative estimate of drug-likeness (QED) is 0.0757. The van der Waals surface area contributed by atoms with Crippen LogP contribution in [0.25, 0.3) is 0 Å². The number of carbonyl (C=O) groups excluding carboxylic acids is 3. The van der Waals surface area contributed by atoms with Crippen LogP contribution in [0.2, 0.25) is 20.1 Å². The molecule has 0 amide bonds. The Morgan fingerprint density at radius 1 is 0.530 bits per heavy atom. The Labute approximate surface area is 406 Å². The summed E-state index contributed by atoms with van der Waals surface area (Å²) in [6.07, 6.45) is 7.89. The van der Waals surface area contributed by atoms with Gasteiger partial charge in [-0.2, -0.15) is 0 Å². The Morgan fingerprint density at radius 2 is 0.909 bits per heavy atom. The van der Waals surface area contributed by atoms with Crippen molar-refractivity contribution < 1.29 is 24.2 Å². The highest BCUT2D eigenvalue weighted by molar-refractivity contribution is 6.42. The van der Waals surface area contributed by atoms with E-state index < -0.39 is 0 Å². The van der Waals surface area contributed by atoms with Crippen LogP contribution in [0.1, 0.15) is 112 Å². The summed E-state index contributed by atoms with van der Waals surface area (Å²) < 4.78 is 9.33. The molecule has 13 heteroatoms. The van der Waals surface area contributed by atoms with E-state index >= 15 is 0 Å². The van der Waals surface area contributed by atoms with Crippen LogP contribution >= 0.6 is 46.4 Å². The zero-order valence-corrected chi connectivity index (χ0v) is 40.8. The summed E-state index contributed by atoms with van der Waals surface area (Å²) in [6.45, 7) is 13.0. The van der Waals surface area contributed by atoms with Gasteiger partial charge in [-0.25, -0.2) is 14.8 Å². The van der Waals surface area contributed by atoms with Crippen molar-refractivity contribution in [2.45, 2.75) is 79.3 Å². The van der Waals surface area contributed by atoms with Crippen LogP contribution in [0.3, 0.4) is 0 Å². The fourth-order valence-corrected chi connectivity index (χ4v) is 8.77. The molecule has 0 bridgehead atoms. The van der Waals surface area contributed by atoms with Gasteiger partial charge in [-0.05, 0) is 126 Å². The number of aryl methyl sites for hydroxylation is 6. The van der Waals surface area contributed by atoms with Gasteiger partial charge in [0.15, 0.2) is 11.6 Å². The highest BCUT2D eigenvalue weighted by atomic mass is 35.5. The third-order valence-corrected chi connectivity index (χ3v) is 12.6. The number of aliphatic hydroxyl groups is 1. The first-order chi connectivity index (χ1) is 31.5. The Bertz CT molecular complexity index is 2810. The van der Waals surface area contributed by atoms with E-state index in [1.165, 1.54) is 0 Å². The van der Waals surface area contributed by atoms with Gasteiger partial charge < -0.3 is 19.0 Å². The summed E-state index contributed by atoms with van der Waals surface area (Å²) in [4.78, 5) is 47.8. The molecule has 7 aromatic rings. The molecule has 0 spiro atoms. The smallest absolute Gasteiger partial charge is 0.338 e. The lowest BCUT2D eigenvalue weighted by Crippen LogP contribution is -2.18. The second-order valence-electron chi connectivity index (χ2n) is 16.8. The molecule has 2 unspecified atom stereocenters. The number of ketones is 2. The monoisotopic (exact) mass is 964 g/mol. The van der Waals surface area contributed by atoms with Gasteiger partial charge in [0.1, 0.15) is 0 Å². The van der Waals surface area contributed by atoms with Crippen LogP contribution in [0.15, 0.2) is 116 Å². The molecule has 1 N–H and O–H groups in total. The van der Waals surface area contributed by atoms with E-state index in [4.69, 9.17) is 51.1 Å². The van der Waals surface area contributed by atoms with Crippen molar-refractivity contribution in [3.63, 3.8) is 0 Å². The molecule has 0 aliphatic heterocycles. The van der Waals surface area contributed by atoms with Crippen molar-refractivity contribution in [3.8, 4) is 0 Å². The molecule has 7 rings (SSSR count). The average molecular weight is 967 g/mol. The van der Waals surface area contributed by atoms with Crippen LogP contribution in [-0.4, -0.2) is 55.0 Å². The molecule has 2 heterocycles. The third kappa shape index (κ3) is 13.1. The predicted molar refractivity (Wildman–Crippen MR) is 264 cm³/mol. The van der Waals surface area contributed by atoms with Crippen molar-refractivity contribution in [1.82, 2.24) is 19.1 Å². The van der Waals surface area contributed by atoms with Crippen LogP contribution in [0.4, 0.5) is 0 Å². The second kappa shape index (κ2) is 22.8. The molecular weight excluding hydrogens is 914 g/mol. The zero-order valence-electron chi connectivity index (χ0n) is 37.7. The minimum Gasteiger partial charge on any atom is -0.462 e. The number of hydrogen-bond donors (Lipinski definition) is 1. The van der Waals surface area contributed by atoms with E-state index in [9.17, 15) is 19.5 Å². The molecule has 0 radical (unpaired) electrons. The number of imidazole rings is 2. The minimum absolute atomic E-state index is 0.0277. The Morgan fingerprint density at radius 3 is 1.29 bits per heavy atom. The first-order valence-electron chi connectivity index (χ1n) is 21.5. The van der Waals surface area contributed by atoms with Crippen molar-refractivity contribution in [1.29, 1.82) is 0 Å². The SMILES string of the molecule is Cc1cc(C)cc(C(=O)OCCC(Cn2ccnc2C(=O)c2cc(C)cc(C)c2)c2ccc(Cl)c(Cl)c2)c1.Cc1cc(C)cc(C(=O)c2nccn2CC(CCO)c2ccc(Cl)c(Cl)c2)c1. The van der Waals surface area contributed by atoms with Crippen LogP contribution in [0, 0.1) is 41.5 Å². The Hall–Kier alpha value is -5.55. The van der Waals surface area contributed by atoms with E-state index in [-0.39, 0.29) is 42.6 Å². The summed E-state index contributed by atoms with van der Waals surface area (Å²) in [5, 5.41) is 11.4. The number of aliphatic hydroxyl groups excluding tert-OH is 1. The van der Waals surface area contributed by atoms with Gasteiger partial charge >= 0.3 is 5.97 Å². The van der Waals surface area contributed by atoms with E-state index in [1.54, 1.807) is 36.9 Å². The molecule has 66 heavy (non-hydrogen) atoms. The maximum Gasteiger partial charge on any atom is 0.338 e. The summed E-state index contributed by atoms with van der Waals surface area (Å²) in [6, 6.07) is 28.2. The van der Waals surface area contributed by atoms with Crippen molar-refractivity contribution >= 4 is 63.9 Å². The molecule has 2 aromatic heterocycles. The highest BCUT2D eigenvalue weighted by Gasteiger charge is 2.23. The molecule has 0 saturated carbocycles. The number of ether oxygens (including phenoxy) is 1. The van der Waals surface area contributed by atoms with Gasteiger partial charge in [0.25, 0.3) is 0 Å². The molecule has 0 fully saturated rings. The minimum atomic E-state index is -0.363. The second-order valence-corrected chi connectivity index (χ2v) is 18.4. The first-order valence-corrected chi connectivity index (χ1v) is 23.0. The van der Waals surface area contributed by atoms with E-state index in [0.717, 1.165) is 44.5 Å². The van der Waals surface area contributed by atoms with Gasteiger partial charge in [0, 0.05) is 67.4 Å². The average Bonchev–Trinajstić information content (AvgIpc) is 3.93. The van der Waals surface area contributed by atoms with Gasteiger partial charge in [-0.15, -0.1) is 0 Å². The predicted octanol–water partition coefficient (Wildman–Crippen LogP) is 12.9. The lowest BCUT2D eigenvalue weighted by Gasteiger charge is -2.20. The van der Waals surface area contributed by atoms with Gasteiger partial charge in [-0.3, -0.25) is 9.59 Å². The number of hydrogen-bond acceptors (Lipinski definition) is 7. The third-order valence-electron chi connectivity index (χ3n) is 11.1. The maximum atomic E-state index is 13.4. The number of esters is 1. The van der Waals surface area contributed by atoms with Crippen LogP contribution in [-0.2, 0) is 17.8 Å². The number of rotatable bonds is 16. The van der Waals surface area contributed by atoms with Crippen molar-refractivity contribution in [2.75, 3.05) is 13.2 Å². The standard InChI is InChI=1S/C31H30Cl2N2O3.C22H22Cl2N2O2/c1-19-11-20(2)14-25(13-19)29(36)30-34-8-9-35(30)18-24(23-5-6-27(32)28(33)17-23)7-10-38-31(37)26-15-21(3)12-22(4)16-26;1-14-9-15(2)11-18(10-14)21(28)22-25-6-7-26(22)13-17(5-8-27)16-3-4-19(23)20(24)12-16/h5-6,8-9,11-17,24H,7,10,18H2,1-4H3;3-4,6-7,9-12,17,27H,5,8,13H2,1-2H3. The summed E-state index contributed by atoms with van der Waals surface area (Å²) in [5.74, 6) is -0.0283. The van der Waals surface area contributed by atoms with Crippen LogP contribution in [0.5, 0.6) is 0 Å². The lowest BCUT2D eigenvalue weighted by atomic mass is 9.95. The van der Waals surface area contributed by atoms with Crippen molar-refractivity contribution in [2.24, 2.45) is 0 Å². The zero-order chi connectivity index (χ0) is 47.7. The number of carbonyl (C=O) groups is 3. The fourth-order valence-electron chi connectivity index (χ4n) is 8.16. The molecule has 2 atom stereocenters. The molecule has 0 aliphatic rings. The molecular formula is C53H52Cl4N4O5. The highest BCUT2D eigenvalue weighted by Crippen LogP contribution is 2.32. The summed E-state index contributed by atoms with van der Waals surface area (Å²) in [7, 11) is 0. The molecule has 5 aromatic carbocycles. The first kappa shape index (κ1) is 49.9. The van der Waals surface area contributed by atoms with Gasteiger partial charge in [0.05, 0.1) is 32.3 Å². The largest absolute Gasteiger partial charge is 0.462 e. The number of nitrogens with zero attached hydrogens (tertiary/aromatic N) is 4. The summed E-state index contributed by atoms with van der Waals surface area (Å²) >= 11 is 24.7. The molecule has 0 saturated heterocycles. The van der Waals surface area contributed by atoms with Crippen LogP contribution < -0.4 is 0 Å².